The van der Waals surface area contributed by atoms with Crippen LogP contribution in [0.2, 0.25) is 0 Å². The number of hydrogen-bond acceptors (Lipinski definition) is 3. The highest BCUT2D eigenvalue weighted by Crippen LogP contribution is 2.23. The van der Waals surface area contributed by atoms with Gasteiger partial charge in [-0.1, -0.05) is 0 Å². The number of nitrogens with zero attached hydrogens (tertiary/aromatic N) is 1. The van der Waals surface area contributed by atoms with Crippen LogP contribution in [0, 0.1) is 11.6 Å². The van der Waals surface area contributed by atoms with Gasteiger partial charge in [0.25, 0.3) is 5.91 Å². The molecule has 120 valence electrons. The van der Waals surface area contributed by atoms with Crippen molar-refractivity contribution >= 4 is 17.5 Å². The van der Waals surface area contributed by atoms with E-state index in [0.29, 0.717) is 25.5 Å². The van der Waals surface area contributed by atoms with E-state index in [9.17, 15) is 18.4 Å². The maximum Gasteiger partial charge on any atom is 0.290 e. The van der Waals surface area contributed by atoms with E-state index in [1.54, 1.807) is 6.07 Å². The van der Waals surface area contributed by atoms with Crippen molar-refractivity contribution in [3.63, 3.8) is 0 Å². The predicted octanol–water partition coefficient (Wildman–Crippen LogP) is 2.80. The van der Waals surface area contributed by atoms with Crippen molar-refractivity contribution in [3.05, 3.63) is 54.0 Å². The maximum atomic E-state index is 13.6. The molecule has 7 heteroatoms. The van der Waals surface area contributed by atoms with E-state index in [4.69, 9.17) is 4.42 Å². The molecule has 3 rings (SSSR count). The van der Waals surface area contributed by atoms with Gasteiger partial charge >= 0.3 is 0 Å². The second-order valence-electron chi connectivity index (χ2n) is 5.25. The molecule has 0 aliphatic carbocycles. The fraction of sp³-hybridized carbons (Fsp3) is 0.250. The molecule has 1 aromatic carbocycles. The number of halogens is 2. The van der Waals surface area contributed by atoms with Gasteiger partial charge in [0.15, 0.2) is 5.76 Å². The molecule has 0 unspecified atom stereocenters. The molecule has 2 aromatic rings. The maximum absolute atomic E-state index is 13.6. The van der Waals surface area contributed by atoms with Crippen LogP contribution in [0.4, 0.5) is 14.5 Å². The number of furan rings is 1. The number of nitrogens with one attached hydrogen (secondary N) is 1. The van der Waals surface area contributed by atoms with Crippen LogP contribution in [-0.2, 0) is 4.79 Å². The van der Waals surface area contributed by atoms with Crippen LogP contribution in [-0.4, -0.2) is 29.3 Å². The Kier molecular flexibility index (Phi) is 4.10. The SMILES string of the molecule is O=C(Nc1ccc(F)cc1F)[C@@H]1CCCN1C(=O)c1ccco1. The quantitative estimate of drug-likeness (QED) is 0.946. The molecule has 1 atom stereocenters. The Morgan fingerprint density at radius 1 is 1.26 bits per heavy atom. The van der Waals surface area contributed by atoms with E-state index in [0.717, 1.165) is 12.1 Å². The molecule has 0 spiro atoms. The monoisotopic (exact) mass is 320 g/mol. The van der Waals surface area contributed by atoms with E-state index in [2.05, 4.69) is 5.32 Å². The van der Waals surface area contributed by atoms with Crippen molar-refractivity contribution in [2.75, 3.05) is 11.9 Å². The predicted molar refractivity (Wildman–Crippen MR) is 77.8 cm³/mol. The molecule has 2 heterocycles. The highest BCUT2D eigenvalue weighted by molar-refractivity contribution is 6.00. The molecule has 1 saturated heterocycles. The van der Waals surface area contributed by atoms with Gasteiger partial charge < -0.3 is 14.6 Å². The summed E-state index contributed by atoms with van der Waals surface area (Å²) in [4.78, 5) is 26.1. The van der Waals surface area contributed by atoms with Crippen molar-refractivity contribution < 1.29 is 22.8 Å². The molecule has 1 aliphatic heterocycles. The molecule has 2 amide bonds. The molecule has 1 aliphatic rings. The van der Waals surface area contributed by atoms with Gasteiger partial charge in [-0.25, -0.2) is 8.78 Å². The summed E-state index contributed by atoms with van der Waals surface area (Å²) in [5.41, 5.74) is -0.117. The van der Waals surface area contributed by atoms with Crippen molar-refractivity contribution in [1.82, 2.24) is 4.90 Å². The standard InChI is InChI=1S/C16H14F2N2O3/c17-10-5-6-12(11(18)9-10)19-15(21)13-3-1-7-20(13)16(22)14-4-2-8-23-14/h2,4-6,8-9,13H,1,3,7H2,(H,19,21)/t13-/m0/s1. The minimum absolute atomic E-state index is 0.117. The smallest absolute Gasteiger partial charge is 0.290 e. The average molecular weight is 320 g/mol. The Labute approximate surface area is 130 Å². The molecular formula is C16H14F2N2O3. The Balaban J connectivity index is 1.74. The summed E-state index contributed by atoms with van der Waals surface area (Å²) in [5.74, 6) is -2.32. The third-order valence-electron chi connectivity index (χ3n) is 3.74. The normalized spacial score (nSPS) is 17.3. The Morgan fingerprint density at radius 3 is 2.78 bits per heavy atom. The number of rotatable bonds is 3. The first-order valence-electron chi connectivity index (χ1n) is 7.16. The average Bonchev–Trinajstić information content (AvgIpc) is 3.20. The molecular weight excluding hydrogens is 306 g/mol. The zero-order valence-electron chi connectivity index (χ0n) is 12.1. The minimum Gasteiger partial charge on any atom is -0.459 e. The van der Waals surface area contributed by atoms with Crippen LogP contribution in [0.5, 0.6) is 0 Å². The first kappa shape index (κ1) is 15.2. The molecule has 0 radical (unpaired) electrons. The van der Waals surface area contributed by atoms with Crippen molar-refractivity contribution in [2.45, 2.75) is 18.9 Å². The summed E-state index contributed by atoms with van der Waals surface area (Å²) in [7, 11) is 0. The van der Waals surface area contributed by atoms with Crippen LogP contribution in [0.3, 0.4) is 0 Å². The molecule has 0 bridgehead atoms. The molecule has 0 saturated carbocycles. The second kappa shape index (κ2) is 6.20. The lowest BCUT2D eigenvalue weighted by atomic mass is 10.2. The van der Waals surface area contributed by atoms with Crippen LogP contribution in [0.25, 0.3) is 0 Å². The molecule has 1 fully saturated rings. The number of anilines is 1. The zero-order chi connectivity index (χ0) is 16.4. The highest BCUT2D eigenvalue weighted by Gasteiger charge is 2.35. The zero-order valence-corrected chi connectivity index (χ0v) is 12.1. The fourth-order valence-electron chi connectivity index (χ4n) is 2.63. The first-order valence-corrected chi connectivity index (χ1v) is 7.16. The number of benzene rings is 1. The lowest BCUT2D eigenvalue weighted by molar-refractivity contribution is -0.119. The number of likely N-dealkylation sites (tertiary alicyclic amines) is 1. The second-order valence-corrected chi connectivity index (χ2v) is 5.25. The van der Waals surface area contributed by atoms with E-state index in [1.807, 2.05) is 0 Å². The number of carbonyl (C=O) groups excluding carboxylic acids is 2. The van der Waals surface area contributed by atoms with Gasteiger partial charge in [0.1, 0.15) is 17.7 Å². The molecule has 23 heavy (non-hydrogen) atoms. The highest BCUT2D eigenvalue weighted by atomic mass is 19.1. The molecule has 1 aromatic heterocycles. The van der Waals surface area contributed by atoms with Crippen LogP contribution >= 0.6 is 0 Å². The Morgan fingerprint density at radius 2 is 2.09 bits per heavy atom. The number of hydrogen-bond donors (Lipinski definition) is 1. The van der Waals surface area contributed by atoms with Crippen LogP contribution in [0.15, 0.2) is 41.0 Å². The lowest BCUT2D eigenvalue weighted by Gasteiger charge is -2.23. The van der Waals surface area contributed by atoms with Gasteiger partial charge in [-0.2, -0.15) is 0 Å². The lowest BCUT2D eigenvalue weighted by Crippen LogP contribution is -2.43. The number of carbonyl (C=O) groups is 2. The van der Waals surface area contributed by atoms with E-state index < -0.39 is 23.6 Å². The third kappa shape index (κ3) is 3.08. The van der Waals surface area contributed by atoms with Gasteiger partial charge in [-0.15, -0.1) is 0 Å². The topological polar surface area (TPSA) is 62.6 Å². The third-order valence-corrected chi connectivity index (χ3v) is 3.74. The summed E-state index contributed by atoms with van der Waals surface area (Å²) in [6.07, 6.45) is 2.52. The van der Waals surface area contributed by atoms with Gasteiger partial charge in [-0.05, 0) is 37.1 Å². The van der Waals surface area contributed by atoms with Crippen LogP contribution < -0.4 is 5.32 Å². The van der Waals surface area contributed by atoms with Gasteiger partial charge in [0.05, 0.1) is 12.0 Å². The largest absolute Gasteiger partial charge is 0.459 e. The molecule has 5 nitrogen and oxygen atoms in total. The molecule has 1 N–H and O–H groups in total. The van der Waals surface area contributed by atoms with Crippen LogP contribution in [0.1, 0.15) is 23.4 Å². The fourth-order valence-corrected chi connectivity index (χ4v) is 2.63. The minimum atomic E-state index is -0.861. The van der Waals surface area contributed by atoms with Gasteiger partial charge in [-0.3, -0.25) is 9.59 Å². The Bertz CT molecular complexity index is 731. The summed E-state index contributed by atoms with van der Waals surface area (Å²) in [5, 5.41) is 2.40. The summed E-state index contributed by atoms with van der Waals surface area (Å²) >= 11 is 0. The number of amides is 2. The first-order chi connectivity index (χ1) is 11.1. The van der Waals surface area contributed by atoms with E-state index in [1.165, 1.54) is 17.2 Å². The summed E-state index contributed by atoms with van der Waals surface area (Å²) in [6.45, 7) is 0.420. The van der Waals surface area contributed by atoms with Crippen molar-refractivity contribution in [2.24, 2.45) is 0 Å². The summed E-state index contributed by atoms with van der Waals surface area (Å²) in [6, 6.07) is 5.30. The van der Waals surface area contributed by atoms with Crippen molar-refractivity contribution in [1.29, 1.82) is 0 Å². The Hall–Kier alpha value is -2.70. The van der Waals surface area contributed by atoms with E-state index >= 15 is 0 Å². The van der Waals surface area contributed by atoms with Gasteiger partial charge in [0, 0.05) is 12.6 Å². The van der Waals surface area contributed by atoms with Crippen molar-refractivity contribution in [3.8, 4) is 0 Å². The van der Waals surface area contributed by atoms with Gasteiger partial charge in [0.2, 0.25) is 5.91 Å². The van der Waals surface area contributed by atoms with E-state index in [-0.39, 0.29) is 17.4 Å². The summed E-state index contributed by atoms with van der Waals surface area (Å²) < 4.78 is 31.6.